The van der Waals surface area contributed by atoms with Gasteiger partial charge < -0.3 is 10.3 Å². The van der Waals surface area contributed by atoms with E-state index in [0.717, 1.165) is 49.2 Å². The first-order valence-corrected chi connectivity index (χ1v) is 9.86. The Morgan fingerprint density at radius 1 is 1.23 bits per heavy atom. The number of rotatable bonds is 4. The first-order chi connectivity index (χ1) is 12.4. The number of aromatic nitrogens is 2. The second-order valence-electron chi connectivity index (χ2n) is 7.92. The van der Waals surface area contributed by atoms with Gasteiger partial charge in [-0.3, -0.25) is 9.69 Å². The molecule has 1 aromatic heterocycles. The normalized spacial score (nSPS) is 16.2. The Kier molecular flexibility index (Phi) is 7.21. The molecule has 26 heavy (non-hydrogen) atoms. The number of aromatic amines is 1. The van der Waals surface area contributed by atoms with E-state index in [1.54, 1.807) is 0 Å². The quantitative estimate of drug-likeness (QED) is 0.875. The minimum absolute atomic E-state index is 0.123. The highest BCUT2D eigenvalue weighted by molar-refractivity contribution is 5.78. The average molecular weight is 359 g/mol. The summed E-state index contributed by atoms with van der Waals surface area (Å²) >= 11 is 0. The van der Waals surface area contributed by atoms with Gasteiger partial charge in [-0.15, -0.1) is 0 Å². The van der Waals surface area contributed by atoms with E-state index in [-0.39, 0.29) is 11.4 Å². The summed E-state index contributed by atoms with van der Waals surface area (Å²) in [6, 6.07) is 8.17. The fraction of sp³-hybridized carbons (Fsp3) is 0.619. The molecule has 2 N–H and O–H groups in total. The molecule has 144 valence electrons. The van der Waals surface area contributed by atoms with Gasteiger partial charge in [0.25, 0.3) is 0 Å². The van der Waals surface area contributed by atoms with E-state index in [1.807, 2.05) is 52.8 Å². The van der Waals surface area contributed by atoms with Crippen molar-refractivity contribution in [2.24, 2.45) is 5.92 Å². The number of likely N-dealkylation sites (tertiary alicyclic amines) is 1. The molecule has 0 aliphatic carbocycles. The number of nitrogens with one attached hydrogen (secondary N) is 2. The second-order valence-corrected chi connectivity index (χ2v) is 7.92. The fourth-order valence-electron chi connectivity index (χ4n) is 3.39. The number of nitrogens with zero attached hydrogens (tertiary/aromatic N) is 2. The topological polar surface area (TPSA) is 61.0 Å². The monoisotopic (exact) mass is 358 g/mol. The Labute approximate surface area is 157 Å². The molecule has 2 heterocycles. The van der Waals surface area contributed by atoms with Crippen LogP contribution in [0.4, 0.5) is 0 Å². The third kappa shape index (κ3) is 6.13. The summed E-state index contributed by atoms with van der Waals surface area (Å²) in [7, 11) is 0. The smallest absolute Gasteiger partial charge is 0.234 e. The highest BCUT2D eigenvalue weighted by Crippen LogP contribution is 2.22. The Balaban J connectivity index is 0.00000117. The average Bonchev–Trinajstić information content (AvgIpc) is 2.99. The third-order valence-corrected chi connectivity index (χ3v) is 4.51. The van der Waals surface area contributed by atoms with Crippen LogP contribution in [0.25, 0.3) is 11.0 Å². The molecule has 1 aliphatic heterocycles. The molecule has 1 aliphatic rings. The number of hydrogen-bond donors (Lipinski definition) is 2. The Hall–Kier alpha value is -1.88. The highest BCUT2D eigenvalue weighted by atomic mass is 16.2. The summed E-state index contributed by atoms with van der Waals surface area (Å²) in [5.74, 6) is 1.85. The van der Waals surface area contributed by atoms with E-state index in [0.29, 0.717) is 12.5 Å². The van der Waals surface area contributed by atoms with Crippen molar-refractivity contribution in [1.82, 2.24) is 20.2 Å². The van der Waals surface area contributed by atoms with Crippen molar-refractivity contribution in [1.29, 1.82) is 0 Å². The van der Waals surface area contributed by atoms with Crippen molar-refractivity contribution >= 4 is 16.9 Å². The number of piperidine rings is 1. The van der Waals surface area contributed by atoms with Crippen molar-refractivity contribution in [2.75, 3.05) is 19.6 Å². The molecule has 0 spiro atoms. The van der Waals surface area contributed by atoms with E-state index < -0.39 is 0 Å². The predicted octanol–water partition coefficient (Wildman–Crippen LogP) is 3.76. The van der Waals surface area contributed by atoms with Crippen LogP contribution in [0, 0.1) is 5.92 Å². The van der Waals surface area contributed by atoms with E-state index in [1.165, 1.54) is 0 Å². The van der Waals surface area contributed by atoms with Crippen LogP contribution in [0.2, 0.25) is 0 Å². The van der Waals surface area contributed by atoms with E-state index in [4.69, 9.17) is 0 Å². The first-order valence-electron chi connectivity index (χ1n) is 9.86. The molecule has 0 radical (unpaired) electrons. The predicted molar refractivity (Wildman–Crippen MR) is 108 cm³/mol. The molecule has 1 fully saturated rings. The molecule has 1 saturated heterocycles. The van der Waals surface area contributed by atoms with Crippen molar-refractivity contribution < 1.29 is 4.79 Å². The molecule has 0 bridgehead atoms. The van der Waals surface area contributed by atoms with Crippen molar-refractivity contribution in [3.05, 3.63) is 30.1 Å². The van der Waals surface area contributed by atoms with E-state index in [9.17, 15) is 4.79 Å². The van der Waals surface area contributed by atoms with Crippen LogP contribution in [-0.4, -0.2) is 45.9 Å². The van der Waals surface area contributed by atoms with Crippen LogP contribution in [0.15, 0.2) is 24.3 Å². The van der Waals surface area contributed by atoms with Gasteiger partial charge >= 0.3 is 0 Å². The van der Waals surface area contributed by atoms with Crippen LogP contribution >= 0.6 is 0 Å². The summed E-state index contributed by atoms with van der Waals surface area (Å²) < 4.78 is 0. The number of fused-ring (bicyclic) bond motifs is 1. The van der Waals surface area contributed by atoms with Crippen molar-refractivity contribution in [3.63, 3.8) is 0 Å². The van der Waals surface area contributed by atoms with Crippen molar-refractivity contribution in [3.8, 4) is 0 Å². The SMILES string of the molecule is CC.CC(C)(C)NC(=O)CN1CCC(Cc2nc3ccccc3[nH]2)CC1. The van der Waals surface area contributed by atoms with Crippen LogP contribution in [0.3, 0.4) is 0 Å². The van der Waals surface area contributed by atoms with Gasteiger partial charge in [0.1, 0.15) is 5.82 Å². The molecule has 5 nitrogen and oxygen atoms in total. The standard InChI is InChI=1S/C19H28N4O.C2H6/c1-19(2,3)22-18(24)13-23-10-8-14(9-11-23)12-17-20-15-6-4-5-7-16(15)21-17;1-2/h4-7,14H,8-13H2,1-3H3,(H,20,21)(H,22,24);1-2H3. The van der Waals surface area contributed by atoms with Gasteiger partial charge in [0.05, 0.1) is 17.6 Å². The van der Waals surface area contributed by atoms with Gasteiger partial charge in [-0.2, -0.15) is 0 Å². The summed E-state index contributed by atoms with van der Waals surface area (Å²) in [4.78, 5) is 22.4. The van der Waals surface area contributed by atoms with Gasteiger partial charge in [0, 0.05) is 12.0 Å². The minimum atomic E-state index is -0.156. The van der Waals surface area contributed by atoms with E-state index >= 15 is 0 Å². The molecule has 2 aromatic rings. The van der Waals surface area contributed by atoms with E-state index in [2.05, 4.69) is 26.3 Å². The number of imidazole rings is 1. The number of para-hydroxylation sites is 2. The maximum atomic E-state index is 12.0. The molecule has 5 heteroatoms. The Morgan fingerprint density at radius 3 is 2.50 bits per heavy atom. The van der Waals surface area contributed by atoms with Gasteiger partial charge in [0.15, 0.2) is 0 Å². The maximum Gasteiger partial charge on any atom is 0.234 e. The maximum absolute atomic E-state index is 12.0. The zero-order valence-electron chi connectivity index (χ0n) is 16.9. The minimum Gasteiger partial charge on any atom is -0.350 e. The number of amides is 1. The van der Waals surface area contributed by atoms with Crippen LogP contribution in [-0.2, 0) is 11.2 Å². The molecular weight excluding hydrogens is 324 g/mol. The summed E-state index contributed by atoms with van der Waals surface area (Å²) in [6.07, 6.45) is 3.25. The zero-order valence-corrected chi connectivity index (χ0v) is 16.9. The number of H-pyrrole nitrogens is 1. The Morgan fingerprint density at radius 2 is 1.88 bits per heavy atom. The lowest BCUT2D eigenvalue weighted by Crippen LogP contribution is -2.47. The van der Waals surface area contributed by atoms with Gasteiger partial charge in [-0.25, -0.2) is 4.98 Å². The number of carbonyl (C=O) groups excluding carboxylic acids is 1. The third-order valence-electron chi connectivity index (χ3n) is 4.51. The summed E-state index contributed by atoms with van der Waals surface area (Å²) in [5.41, 5.74) is 2.00. The van der Waals surface area contributed by atoms with Crippen molar-refractivity contribution in [2.45, 2.75) is 59.4 Å². The number of carbonyl (C=O) groups is 1. The lowest BCUT2D eigenvalue weighted by Gasteiger charge is -2.32. The second kappa shape index (κ2) is 9.17. The molecule has 0 saturated carbocycles. The Bertz CT molecular complexity index is 660. The van der Waals surface area contributed by atoms with Gasteiger partial charge in [0.2, 0.25) is 5.91 Å². The zero-order chi connectivity index (χ0) is 19.2. The highest BCUT2D eigenvalue weighted by Gasteiger charge is 2.23. The van der Waals surface area contributed by atoms with Crippen LogP contribution in [0.1, 0.15) is 53.3 Å². The summed E-state index contributed by atoms with van der Waals surface area (Å²) in [6.45, 7) is 12.5. The lowest BCUT2D eigenvalue weighted by molar-refractivity contribution is -0.124. The van der Waals surface area contributed by atoms with Gasteiger partial charge in [-0.1, -0.05) is 26.0 Å². The molecule has 0 atom stereocenters. The van der Waals surface area contributed by atoms with Crippen LogP contribution < -0.4 is 5.32 Å². The largest absolute Gasteiger partial charge is 0.350 e. The van der Waals surface area contributed by atoms with Crippen LogP contribution in [0.5, 0.6) is 0 Å². The first kappa shape index (κ1) is 20.4. The molecule has 1 aromatic carbocycles. The summed E-state index contributed by atoms with van der Waals surface area (Å²) in [5, 5.41) is 3.04. The molecular formula is C21H34N4O. The molecule has 0 unspecified atom stereocenters. The molecule has 3 rings (SSSR count). The van der Waals surface area contributed by atoms with Gasteiger partial charge in [-0.05, 0) is 64.8 Å². The molecule has 1 amide bonds. The fourth-order valence-corrected chi connectivity index (χ4v) is 3.39. The number of hydrogen-bond acceptors (Lipinski definition) is 3. The number of benzene rings is 1. The lowest BCUT2D eigenvalue weighted by atomic mass is 9.93.